The van der Waals surface area contributed by atoms with Crippen molar-refractivity contribution in [1.29, 1.82) is 5.26 Å². The summed E-state index contributed by atoms with van der Waals surface area (Å²) in [6.07, 6.45) is 1.78. The molecule has 104 valence electrons. The Kier molecular flexibility index (Phi) is 3.74. The second-order valence-corrected chi connectivity index (χ2v) is 4.58. The van der Waals surface area contributed by atoms with Crippen molar-refractivity contribution in [1.82, 2.24) is 0 Å². The number of ether oxygens (including phenoxy) is 1. The van der Waals surface area contributed by atoms with Crippen LogP contribution in [0.3, 0.4) is 0 Å². The van der Waals surface area contributed by atoms with Gasteiger partial charge >= 0.3 is 0 Å². The van der Waals surface area contributed by atoms with E-state index in [1.165, 1.54) is 0 Å². The minimum absolute atomic E-state index is 0.0633. The molecule has 4 nitrogen and oxygen atoms in total. The van der Waals surface area contributed by atoms with Crippen LogP contribution in [0, 0.1) is 11.3 Å². The lowest BCUT2D eigenvalue weighted by Crippen LogP contribution is -1.99. The lowest BCUT2D eigenvalue weighted by Gasteiger charge is -2.06. The van der Waals surface area contributed by atoms with E-state index in [-0.39, 0.29) is 6.61 Å². The minimum atomic E-state index is 0.0633. The molecule has 0 fully saturated rings. The zero-order valence-corrected chi connectivity index (χ0v) is 11.4. The van der Waals surface area contributed by atoms with Gasteiger partial charge in [0.2, 0.25) is 0 Å². The fourth-order valence-corrected chi connectivity index (χ4v) is 2.15. The van der Waals surface area contributed by atoms with Crippen LogP contribution in [0.5, 0.6) is 5.75 Å². The van der Waals surface area contributed by atoms with Crippen molar-refractivity contribution < 1.29 is 9.15 Å². The smallest absolute Gasteiger partial charge is 0.174 e. The van der Waals surface area contributed by atoms with Gasteiger partial charge in [0, 0.05) is 23.2 Å². The lowest BCUT2D eigenvalue weighted by molar-refractivity contribution is 0.368. The molecule has 1 N–H and O–H groups in total. The summed E-state index contributed by atoms with van der Waals surface area (Å²) < 4.78 is 10.7. The van der Waals surface area contributed by atoms with Crippen molar-refractivity contribution in [2.75, 3.05) is 11.9 Å². The Morgan fingerprint density at radius 1 is 1.10 bits per heavy atom. The Morgan fingerprint density at radius 3 is 2.71 bits per heavy atom. The number of hydrogen-bond donors (Lipinski definition) is 1. The monoisotopic (exact) mass is 278 g/mol. The first-order valence-corrected chi connectivity index (χ1v) is 6.65. The molecule has 3 rings (SSSR count). The van der Waals surface area contributed by atoms with Crippen LogP contribution in [-0.4, -0.2) is 6.61 Å². The maximum absolute atomic E-state index is 8.46. The summed E-state index contributed by atoms with van der Waals surface area (Å²) in [6, 6.07) is 17.4. The van der Waals surface area contributed by atoms with E-state index in [1.54, 1.807) is 6.26 Å². The Labute approximate surface area is 122 Å². The number of nitrogens with zero attached hydrogens (tertiary/aromatic N) is 1. The zero-order chi connectivity index (χ0) is 14.5. The maximum Gasteiger partial charge on any atom is 0.174 e. The molecular weight excluding hydrogens is 264 g/mol. The van der Waals surface area contributed by atoms with E-state index in [2.05, 4.69) is 11.4 Å². The molecule has 0 aliphatic rings. The molecule has 2 aromatic carbocycles. The minimum Gasteiger partial charge on any atom is -0.479 e. The number of para-hydroxylation sites is 1. The Balaban J connectivity index is 1.66. The number of furan rings is 1. The van der Waals surface area contributed by atoms with Crippen LogP contribution in [0.15, 0.2) is 59.2 Å². The molecule has 0 unspecified atom stereocenters. The first kappa shape index (κ1) is 13.1. The van der Waals surface area contributed by atoms with E-state index in [1.807, 2.05) is 48.5 Å². The van der Waals surface area contributed by atoms with Gasteiger partial charge in [0.15, 0.2) is 6.61 Å². The zero-order valence-electron chi connectivity index (χ0n) is 11.4. The normalized spacial score (nSPS) is 10.2. The van der Waals surface area contributed by atoms with Gasteiger partial charge in [0.05, 0.1) is 6.26 Å². The predicted molar refractivity (Wildman–Crippen MR) is 81.1 cm³/mol. The van der Waals surface area contributed by atoms with E-state index in [0.29, 0.717) is 12.3 Å². The number of benzene rings is 2. The highest BCUT2D eigenvalue weighted by molar-refractivity contribution is 5.81. The molecule has 21 heavy (non-hydrogen) atoms. The summed E-state index contributed by atoms with van der Waals surface area (Å²) in [5.41, 5.74) is 3.01. The predicted octanol–water partition coefficient (Wildman–Crippen LogP) is 3.95. The Hall–Kier alpha value is -2.93. The molecule has 0 spiro atoms. The summed E-state index contributed by atoms with van der Waals surface area (Å²) in [6.45, 7) is 0.753. The second kappa shape index (κ2) is 6.02. The molecule has 1 heterocycles. The average molecular weight is 278 g/mol. The third-order valence-corrected chi connectivity index (χ3v) is 3.20. The van der Waals surface area contributed by atoms with E-state index in [0.717, 1.165) is 22.2 Å². The maximum atomic E-state index is 8.46. The highest BCUT2D eigenvalue weighted by Crippen LogP contribution is 2.22. The Morgan fingerprint density at radius 2 is 1.90 bits per heavy atom. The van der Waals surface area contributed by atoms with Gasteiger partial charge in [-0.2, -0.15) is 5.26 Å². The molecule has 0 aliphatic heterocycles. The third kappa shape index (κ3) is 2.98. The standard InChI is InChI=1S/C17H14N2O2/c18-9-10-20-15-7-5-14(6-8-15)19-11-13-12-21-17-4-2-1-3-16(13)17/h1-8,12,19H,10-11H2. The summed E-state index contributed by atoms with van der Waals surface area (Å²) in [4.78, 5) is 0. The number of rotatable bonds is 5. The molecule has 1 aromatic heterocycles. The summed E-state index contributed by atoms with van der Waals surface area (Å²) >= 11 is 0. The van der Waals surface area contributed by atoms with Crippen molar-refractivity contribution in [3.63, 3.8) is 0 Å². The molecule has 0 amide bonds. The number of hydrogen-bond acceptors (Lipinski definition) is 4. The van der Waals surface area contributed by atoms with E-state index in [9.17, 15) is 0 Å². The number of nitrogens with one attached hydrogen (secondary N) is 1. The topological polar surface area (TPSA) is 58.2 Å². The van der Waals surface area contributed by atoms with Gasteiger partial charge in [-0.25, -0.2) is 0 Å². The molecular formula is C17H14N2O2. The van der Waals surface area contributed by atoms with E-state index in [4.69, 9.17) is 14.4 Å². The summed E-state index contributed by atoms with van der Waals surface area (Å²) in [5, 5.41) is 12.9. The molecule has 0 bridgehead atoms. The van der Waals surface area contributed by atoms with Gasteiger partial charge in [0.25, 0.3) is 0 Å². The molecule has 0 atom stereocenters. The molecule has 3 aromatic rings. The van der Waals surface area contributed by atoms with E-state index >= 15 is 0 Å². The molecule has 0 radical (unpaired) electrons. The number of anilines is 1. The lowest BCUT2D eigenvalue weighted by atomic mass is 10.2. The largest absolute Gasteiger partial charge is 0.479 e. The van der Waals surface area contributed by atoms with Gasteiger partial charge in [-0.3, -0.25) is 0 Å². The fraction of sp³-hybridized carbons (Fsp3) is 0.118. The van der Waals surface area contributed by atoms with Crippen molar-refractivity contribution in [2.45, 2.75) is 6.54 Å². The van der Waals surface area contributed by atoms with E-state index < -0.39 is 0 Å². The van der Waals surface area contributed by atoms with Gasteiger partial charge in [0.1, 0.15) is 17.4 Å². The quantitative estimate of drug-likeness (QED) is 0.767. The first-order valence-electron chi connectivity index (χ1n) is 6.65. The Bertz CT molecular complexity index is 769. The van der Waals surface area contributed by atoms with Crippen molar-refractivity contribution >= 4 is 16.7 Å². The van der Waals surface area contributed by atoms with Crippen molar-refractivity contribution in [3.05, 3.63) is 60.4 Å². The number of nitriles is 1. The van der Waals surface area contributed by atoms with Crippen LogP contribution >= 0.6 is 0 Å². The highest BCUT2D eigenvalue weighted by atomic mass is 16.5. The average Bonchev–Trinajstić information content (AvgIpc) is 2.95. The molecule has 0 saturated carbocycles. The molecule has 0 aliphatic carbocycles. The third-order valence-electron chi connectivity index (χ3n) is 3.20. The van der Waals surface area contributed by atoms with Crippen LogP contribution in [0.1, 0.15) is 5.56 Å². The summed E-state index contributed by atoms with van der Waals surface area (Å²) in [7, 11) is 0. The second-order valence-electron chi connectivity index (χ2n) is 4.58. The fourth-order valence-electron chi connectivity index (χ4n) is 2.15. The van der Waals surface area contributed by atoms with Crippen LogP contribution < -0.4 is 10.1 Å². The van der Waals surface area contributed by atoms with Gasteiger partial charge in [-0.05, 0) is 30.3 Å². The van der Waals surface area contributed by atoms with Crippen LogP contribution in [-0.2, 0) is 6.54 Å². The first-order chi connectivity index (χ1) is 10.4. The van der Waals surface area contributed by atoms with Gasteiger partial charge in [-0.1, -0.05) is 18.2 Å². The summed E-state index contributed by atoms with van der Waals surface area (Å²) in [5.74, 6) is 0.691. The van der Waals surface area contributed by atoms with Crippen LogP contribution in [0.2, 0.25) is 0 Å². The molecule has 4 heteroatoms. The van der Waals surface area contributed by atoms with Gasteiger partial charge < -0.3 is 14.5 Å². The van der Waals surface area contributed by atoms with Crippen LogP contribution in [0.25, 0.3) is 11.0 Å². The van der Waals surface area contributed by atoms with Gasteiger partial charge in [-0.15, -0.1) is 0 Å². The van der Waals surface area contributed by atoms with Crippen molar-refractivity contribution in [3.8, 4) is 11.8 Å². The van der Waals surface area contributed by atoms with Crippen LogP contribution in [0.4, 0.5) is 5.69 Å². The van der Waals surface area contributed by atoms with Crippen molar-refractivity contribution in [2.24, 2.45) is 0 Å². The SMILES string of the molecule is N#CCOc1ccc(NCc2coc3ccccc23)cc1. The highest BCUT2D eigenvalue weighted by Gasteiger charge is 2.04. The number of fused-ring (bicyclic) bond motifs is 1. The molecule has 0 saturated heterocycles.